The highest BCUT2D eigenvalue weighted by atomic mass is 35.5. The Bertz CT molecular complexity index is 718. The number of rotatable bonds is 6. The van der Waals surface area contributed by atoms with E-state index in [2.05, 4.69) is 15.0 Å². The zero-order valence-corrected chi connectivity index (χ0v) is 13.8. The van der Waals surface area contributed by atoms with Gasteiger partial charge in [0.1, 0.15) is 10.6 Å². The zero-order chi connectivity index (χ0) is 15.5. The summed E-state index contributed by atoms with van der Waals surface area (Å²) >= 11 is 7.20. The smallest absolute Gasteiger partial charge is 0.267 e. The number of ether oxygens (including phenoxy) is 1. The molecule has 0 aliphatic rings. The summed E-state index contributed by atoms with van der Waals surface area (Å²) in [5.74, 6) is 0.262. The Kier molecular flexibility index (Phi) is 5.04. The standard InChI is InChI=1S/C12H14ClN3O3S2/c1-14-7-8-5-9(13)6-10(11(8)19-2)21(17,18)16-12-15-3-4-20-12/h3-6,14H,7H2,1-2H3,(H,15,16). The van der Waals surface area contributed by atoms with Crippen LogP contribution in [0.1, 0.15) is 5.56 Å². The zero-order valence-electron chi connectivity index (χ0n) is 11.4. The van der Waals surface area contributed by atoms with Crippen molar-refractivity contribution in [1.82, 2.24) is 10.3 Å². The Labute approximate surface area is 132 Å². The summed E-state index contributed by atoms with van der Waals surface area (Å²) in [6, 6.07) is 3.02. The molecule has 1 aromatic carbocycles. The molecule has 0 radical (unpaired) electrons. The highest BCUT2D eigenvalue weighted by molar-refractivity contribution is 7.93. The predicted molar refractivity (Wildman–Crippen MR) is 83.7 cm³/mol. The molecule has 0 aliphatic heterocycles. The predicted octanol–water partition coefficient (Wildman–Crippen LogP) is 2.33. The first-order valence-corrected chi connectivity index (χ1v) is 8.65. The highest BCUT2D eigenvalue weighted by Crippen LogP contribution is 2.33. The first kappa shape index (κ1) is 16.0. The summed E-state index contributed by atoms with van der Waals surface area (Å²) < 4.78 is 32.6. The van der Waals surface area contributed by atoms with Crippen molar-refractivity contribution in [3.63, 3.8) is 0 Å². The molecule has 2 N–H and O–H groups in total. The summed E-state index contributed by atoms with van der Waals surface area (Å²) in [4.78, 5) is 3.89. The first-order chi connectivity index (χ1) is 9.97. The van der Waals surface area contributed by atoms with E-state index in [1.165, 1.54) is 30.7 Å². The monoisotopic (exact) mass is 347 g/mol. The van der Waals surface area contributed by atoms with Crippen molar-refractivity contribution < 1.29 is 13.2 Å². The summed E-state index contributed by atoms with van der Waals surface area (Å²) in [6.07, 6.45) is 1.52. The van der Waals surface area contributed by atoms with E-state index in [0.29, 0.717) is 17.1 Å². The summed E-state index contributed by atoms with van der Waals surface area (Å²) in [7, 11) is -0.655. The minimum absolute atomic E-state index is 0.0158. The van der Waals surface area contributed by atoms with Gasteiger partial charge >= 0.3 is 0 Å². The van der Waals surface area contributed by atoms with Crippen LogP contribution in [0.5, 0.6) is 5.75 Å². The molecular weight excluding hydrogens is 334 g/mol. The van der Waals surface area contributed by atoms with Crippen LogP contribution in [0.15, 0.2) is 28.6 Å². The van der Waals surface area contributed by atoms with Gasteiger partial charge in [-0.3, -0.25) is 4.72 Å². The van der Waals surface area contributed by atoms with Gasteiger partial charge < -0.3 is 10.1 Å². The second-order valence-electron chi connectivity index (χ2n) is 4.07. The number of nitrogens with one attached hydrogen (secondary N) is 2. The Hall–Kier alpha value is -1.35. The number of methoxy groups -OCH3 is 1. The molecule has 0 unspecified atom stereocenters. The number of thiazole rings is 1. The van der Waals surface area contributed by atoms with Crippen molar-refractivity contribution in [2.24, 2.45) is 0 Å². The van der Waals surface area contributed by atoms with E-state index >= 15 is 0 Å². The quantitative estimate of drug-likeness (QED) is 0.838. The van der Waals surface area contributed by atoms with Gasteiger partial charge in [-0.25, -0.2) is 13.4 Å². The lowest BCUT2D eigenvalue weighted by atomic mass is 10.2. The van der Waals surface area contributed by atoms with Crippen LogP contribution >= 0.6 is 22.9 Å². The Morgan fingerprint density at radius 3 is 2.76 bits per heavy atom. The number of hydrogen-bond acceptors (Lipinski definition) is 6. The minimum Gasteiger partial charge on any atom is -0.495 e. The molecule has 2 aromatic rings. The van der Waals surface area contributed by atoms with Crippen molar-refractivity contribution in [2.45, 2.75) is 11.4 Å². The maximum absolute atomic E-state index is 12.5. The van der Waals surface area contributed by atoms with Crippen molar-refractivity contribution in [1.29, 1.82) is 0 Å². The van der Waals surface area contributed by atoms with E-state index in [4.69, 9.17) is 16.3 Å². The van der Waals surface area contributed by atoms with Crippen LogP contribution in [0, 0.1) is 0 Å². The van der Waals surface area contributed by atoms with Gasteiger partial charge in [0.05, 0.1) is 7.11 Å². The van der Waals surface area contributed by atoms with Gasteiger partial charge in [0.2, 0.25) is 0 Å². The lowest BCUT2D eigenvalue weighted by molar-refractivity contribution is 0.396. The number of benzene rings is 1. The van der Waals surface area contributed by atoms with Gasteiger partial charge in [-0.2, -0.15) is 0 Å². The summed E-state index contributed by atoms with van der Waals surface area (Å²) in [6.45, 7) is 0.434. The van der Waals surface area contributed by atoms with Gasteiger partial charge in [-0.1, -0.05) is 11.6 Å². The van der Waals surface area contributed by atoms with Crippen LogP contribution in [0.25, 0.3) is 0 Å². The fourth-order valence-corrected chi connectivity index (χ4v) is 4.15. The highest BCUT2D eigenvalue weighted by Gasteiger charge is 2.23. The molecule has 9 heteroatoms. The third kappa shape index (κ3) is 3.65. The number of halogens is 1. The average molecular weight is 348 g/mol. The SMILES string of the molecule is CNCc1cc(Cl)cc(S(=O)(=O)Nc2nccs2)c1OC. The van der Waals surface area contributed by atoms with Crippen LogP contribution in [-0.2, 0) is 16.6 Å². The topological polar surface area (TPSA) is 80.3 Å². The molecule has 0 aliphatic carbocycles. The van der Waals surface area contributed by atoms with E-state index in [-0.39, 0.29) is 15.8 Å². The van der Waals surface area contributed by atoms with E-state index < -0.39 is 10.0 Å². The number of anilines is 1. The molecule has 0 saturated heterocycles. The molecule has 21 heavy (non-hydrogen) atoms. The molecule has 6 nitrogen and oxygen atoms in total. The van der Waals surface area contributed by atoms with E-state index in [0.717, 1.165) is 0 Å². The normalized spacial score (nSPS) is 11.4. The van der Waals surface area contributed by atoms with Crippen molar-refractivity contribution in [3.8, 4) is 5.75 Å². The Morgan fingerprint density at radius 1 is 1.43 bits per heavy atom. The summed E-state index contributed by atoms with van der Waals surface area (Å²) in [5.41, 5.74) is 0.659. The Morgan fingerprint density at radius 2 is 2.19 bits per heavy atom. The molecule has 0 bridgehead atoms. The maximum Gasteiger partial charge on any atom is 0.267 e. The van der Waals surface area contributed by atoms with Crippen LogP contribution < -0.4 is 14.8 Å². The Balaban J connectivity index is 2.51. The average Bonchev–Trinajstić information content (AvgIpc) is 2.90. The largest absolute Gasteiger partial charge is 0.495 e. The van der Waals surface area contributed by atoms with E-state index in [1.807, 2.05) is 0 Å². The molecule has 0 atom stereocenters. The fraction of sp³-hybridized carbons (Fsp3) is 0.250. The van der Waals surface area contributed by atoms with Crippen LogP contribution in [0.3, 0.4) is 0 Å². The maximum atomic E-state index is 12.5. The van der Waals surface area contributed by atoms with Crippen molar-refractivity contribution in [3.05, 3.63) is 34.3 Å². The molecule has 114 valence electrons. The lowest BCUT2D eigenvalue weighted by Crippen LogP contribution is -2.16. The summed E-state index contributed by atoms with van der Waals surface area (Å²) in [5, 5.41) is 5.23. The molecule has 0 spiro atoms. The molecule has 1 aromatic heterocycles. The van der Waals surface area contributed by atoms with Gasteiger partial charge in [0.15, 0.2) is 5.13 Å². The second kappa shape index (κ2) is 6.61. The van der Waals surface area contributed by atoms with Gasteiger partial charge in [-0.15, -0.1) is 11.3 Å². The fourth-order valence-electron chi connectivity index (χ4n) is 1.82. The van der Waals surface area contributed by atoms with E-state index in [9.17, 15) is 8.42 Å². The number of hydrogen-bond donors (Lipinski definition) is 2. The number of nitrogens with zero attached hydrogens (tertiary/aromatic N) is 1. The van der Waals surface area contributed by atoms with Gasteiger partial charge in [-0.05, 0) is 19.2 Å². The molecular formula is C12H14ClN3O3S2. The third-order valence-electron chi connectivity index (χ3n) is 2.61. The molecule has 0 fully saturated rings. The second-order valence-corrected chi connectivity index (χ2v) is 7.05. The van der Waals surface area contributed by atoms with Crippen LogP contribution in [0.2, 0.25) is 5.02 Å². The van der Waals surface area contributed by atoms with Crippen LogP contribution in [-0.4, -0.2) is 27.6 Å². The van der Waals surface area contributed by atoms with Crippen molar-refractivity contribution >= 4 is 38.1 Å². The first-order valence-electron chi connectivity index (χ1n) is 5.91. The molecule has 0 saturated carbocycles. The molecule has 1 heterocycles. The van der Waals surface area contributed by atoms with Crippen LogP contribution in [0.4, 0.5) is 5.13 Å². The van der Waals surface area contributed by atoms with Crippen molar-refractivity contribution in [2.75, 3.05) is 18.9 Å². The third-order valence-corrected chi connectivity index (χ3v) is 4.99. The van der Waals surface area contributed by atoms with E-state index in [1.54, 1.807) is 18.5 Å². The minimum atomic E-state index is -3.83. The van der Waals surface area contributed by atoms with Gasteiger partial charge in [0.25, 0.3) is 10.0 Å². The molecule has 0 amide bonds. The number of sulfonamides is 1. The molecule has 2 rings (SSSR count). The number of aromatic nitrogens is 1. The van der Waals surface area contributed by atoms with Gasteiger partial charge in [0, 0.05) is 28.7 Å². The lowest BCUT2D eigenvalue weighted by Gasteiger charge is -2.14.